The molecule has 1 heterocycles. The van der Waals surface area contributed by atoms with Gasteiger partial charge in [0.2, 0.25) is 0 Å². The van der Waals surface area contributed by atoms with E-state index < -0.39 is 17.6 Å². The minimum absolute atomic E-state index is 0.261. The number of halogens is 3. The number of carbonyl (C=O) groups excluding carboxylic acids is 1. The van der Waals surface area contributed by atoms with Crippen molar-refractivity contribution in [2.75, 3.05) is 0 Å². The molecule has 0 atom stereocenters. The van der Waals surface area contributed by atoms with Crippen LogP contribution in [0.1, 0.15) is 21.7 Å². The van der Waals surface area contributed by atoms with Gasteiger partial charge in [-0.1, -0.05) is 6.07 Å². The van der Waals surface area contributed by atoms with Gasteiger partial charge < -0.3 is 4.42 Å². The molecule has 0 aliphatic heterocycles. The van der Waals surface area contributed by atoms with E-state index in [1.165, 1.54) is 30.2 Å². The first kappa shape index (κ1) is 15.5. The summed E-state index contributed by atoms with van der Waals surface area (Å²) in [6.45, 7) is 0. The van der Waals surface area contributed by atoms with Crippen molar-refractivity contribution in [3.63, 3.8) is 0 Å². The van der Waals surface area contributed by atoms with Gasteiger partial charge in [-0.05, 0) is 24.3 Å². The second-order valence-corrected chi connectivity index (χ2v) is 5.14. The van der Waals surface area contributed by atoms with Gasteiger partial charge in [-0.3, -0.25) is 10.2 Å². The average Bonchev–Trinajstić information content (AvgIpc) is 2.92. The Hall–Kier alpha value is -1.93. The lowest BCUT2D eigenvalue weighted by Gasteiger charge is -2.07. The Kier molecular flexibility index (Phi) is 4.59. The molecule has 2 aromatic rings. The van der Waals surface area contributed by atoms with Gasteiger partial charge >= 0.3 is 6.18 Å². The maximum Gasteiger partial charge on any atom is 0.416 e. The van der Waals surface area contributed by atoms with Crippen molar-refractivity contribution in [2.45, 2.75) is 16.8 Å². The molecule has 0 spiro atoms. The summed E-state index contributed by atoms with van der Waals surface area (Å²) in [5.41, 5.74) is 1.52. The minimum atomic E-state index is -4.37. The van der Waals surface area contributed by atoms with Gasteiger partial charge in [0.1, 0.15) is 12.0 Å². The van der Waals surface area contributed by atoms with Gasteiger partial charge in [0.15, 0.2) is 0 Å². The van der Waals surface area contributed by atoms with Gasteiger partial charge in [-0.25, -0.2) is 5.84 Å². The zero-order valence-electron chi connectivity index (χ0n) is 10.6. The Morgan fingerprint density at radius 2 is 2.10 bits per heavy atom. The minimum Gasteiger partial charge on any atom is -0.468 e. The third-order valence-corrected chi connectivity index (χ3v) is 3.61. The predicted octanol–water partition coefficient (Wildman–Crippen LogP) is 3.19. The van der Waals surface area contributed by atoms with Crippen molar-refractivity contribution in [2.24, 2.45) is 5.84 Å². The Labute approximate surface area is 122 Å². The van der Waals surface area contributed by atoms with Crippen molar-refractivity contribution >= 4 is 17.7 Å². The number of furan rings is 1. The van der Waals surface area contributed by atoms with E-state index in [4.69, 9.17) is 10.3 Å². The van der Waals surface area contributed by atoms with Gasteiger partial charge in [-0.15, -0.1) is 11.8 Å². The number of rotatable bonds is 4. The zero-order valence-corrected chi connectivity index (χ0v) is 11.4. The molecule has 1 aromatic carbocycles. The molecule has 0 bridgehead atoms. The molecule has 0 saturated heterocycles. The lowest BCUT2D eigenvalue weighted by Crippen LogP contribution is -2.29. The third-order valence-electron chi connectivity index (χ3n) is 2.59. The van der Waals surface area contributed by atoms with Crippen LogP contribution in [0.15, 0.2) is 45.9 Å². The third kappa shape index (κ3) is 4.02. The largest absolute Gasteiger partial charge is 0.468 e. The Bertz CT molecular complexity index is 640. The summed E-state index contributed by atoms with van der Waals surface area (Å²) in [6, 6.07) is 6.50. The summed E-state index contributed by atoms with van der Waals surface area (Å²) >= 11 is 1.18. The SMILES string of the molecule is NNC(=O)c1coc(CSc2cccc(C(F)(F)F)c2)c1. The van der Waals surface area contributed by atoms with Crippen molar-refractivity contribution in [1.29, 1.82) is 0 Å². The fourth-order valence-corrected chi connectivity index (χ4v) is 2.42. The molecule has 0 radical (unpaired) electrons. The summed E-state index contributed by atoms with van der Waals surface area (Å²) < 4.78 is 42.9. The molecule has 0 aliphatic rings. The van der Waals surface area contributed by atoms with Crippen LogP contribution in [-0.2, 0) is 11.9 Å². The fraction of sp³-hybridized carbons (Fsp3) is 0.154. The maximum atomic E-state index is 12.6. The average molecular weight is 316 g/mol. The number of hydrogen-bond donors (Lipinski definition) is 2. The molecule has 3 N–H and O–H groups in total. The predicted molar refractivity (Wildman–Crippen MR) is 71.4 cm³/mol. The van der Waals surface area contributed by atoms with E-state index in [9.17, 15) is 18.0 Å². The molecular formula is C13H11F3N2O2S. The standard InChI is InChI=1S/C13H11F3N2O2S/c14-13(15,16)9-2-1-3-11(5-9)21-7-10-4-8(6-20-10)12(19)18-17/h1-6H,7,17H2,(H,18,19). The van der Waals surface area contributed by atoms with Crippen LogP contribution in [0.3, 0.4) is 0 Å². The van der Waals surface area contributed by atoms with E-state index in [1.54, 1.807) is 6.07 Å². The topological polar surface area (TPSA) is 68.3 Å². The van der Waals surface area contributed by atoms with E-state index in [2.05, 4.69) is 0 Å². The summed E-state index contributed by atoms with van der Waals surface area (Å²) in [4.78, 5) is 11.7. The van der Waals surface area contributed by atoms with Crippen molar-refractivity contribution < 1.29 is 22.4 Å². The lowest BCUT2D eigenvalue weighted by atomic mass is 10.2. The summed E-state index contributed by atoms with van der Waals surface area (Å²) in [7, 11) is 0. The number of hydrogen-bond acceptors (Lipinski definition) is 4. The highest BCUT2D eigenvalue weighted by molar-refractivity contribution is 7.98. The molecule has 0 fully saturated rings. The molecule has 0 aliphatic carbocycles. The van der Waals surface area contributed by atoms with E-state index in [1.807, 2.05) is 5.43 Å². The monoisotopic (exact) mass is 316 g/mol. The first-order valence-corrected chi connectivity index (χ1v) is 6.77. The molecule has 21 heavy (non-hydrogen) atoms. The first-order chi connectivity index (χ1) is 9.90. The Balaban J connectivity index is 2.03. The molecule has 1 amide bonds. The van der Waals surface area contributed by atoms with Crippen LogP contribution >= 0.6 is 11.8 Å². The van der Waals surface area contributed by atoms with Crippen LogP contribution in [0.5, 0.6) is 0 Å². The highest BCUT2D eigenvalue weighted by Gasteiger charge is 2.30. The molecule has 2 rings (SSSR count). The van der Waals surface area contributed by atoms with E-state index in [0.29, 0.717) is 16.4 Å². The van der Waals surface area contributed by atoms with Crippen LogP contribution < -0.4 is 11.3 Å². The van der Waals surface area contributed by atoms with Gasteiger partial charge in [0.05, 0.1) is 16.9 Å². The summed E-state index contributed by atoms with van der Waals surface area (Å²) in [5.74, 6) is 5.26. The molecule has 0 saturated carbocycles. The van der Waals surface area contributed by atoms with E-state index >= 15 is 0 Å². The van der Waals surface area contributed by atoms with Crippen LogP contribution in [0.2, 0.25) is 0 Å². The van der Waals surface area contributed by atoms with E-state index in [-0.39, 0.29) is 5.56 Å². The van der Waals surface area contributed by atoms with Gasteiger partial charge in [0.25, 0.3) is 5.91 Å². The lowest BCUT2D eigenvalue weighted by molar-refractivity contribution is -0.137. The number of nitrogen functional groups attached to an aromatic ring is 1. The van der Waals surface area contributed by atoms with Crippen LogP contribution in [0.4, 0.5) is 13.2 Å². The number of amides is 1. The van der Waals surface area contributed by atoms with Crippen molar-refractivity contribution in [3.8, 4) is 0 Å². The fourth-order valence-electron chi connectivity index (χ4n) is 1.58. The number of alkyl halides is 3. The number of thioether (sulfide) groups is 1. The Morgan fingerprint density at radius 1 is 1.33 bits per heavy atom. The quantitative estimate of drug-likeness (QED) is 0.393. The van der Waals surface area contributed by atoms with Gasteiger partial charge in [-0.2, -0.15) is 13.2 Å². The second-order valence-electron chi connectivity index (χ2n) is 4.09. The Morgan fingerprint density at radius 3 is 2.76 bits per heavy atom. The highest BCUT2D eigenvalue weighted by atomic mass is 32.2. The number of benzene rings is 1. The molecule has 112 valence electrons. The van der Waals surface area contributed by atoms with Crippen LogP contribution in [0, 0.1) is 0 Å². The van der Waals surface area contributed by atoms with E-state index in [0.717, 1.165) is 12.1 Å². The zero-order chi connectivity index (χ0) is 15.5. The number of carbonyl (C=O) groups is 1. The molecular weight excluding hydrogens is 305 g/mol. The molecule has 0 unspecified atom stereocenters. The molecule has 4 nitrogen and oxygen atoms in total. The highest BCUT2D eigenvalue weighted by Crippen LogP contribution is 2.32. The summed E-state index contributed by atoms with van der Waals surface area (Å²) in [6.07, 6.45) is -3.13. The second kappa shape index (κ2) is 6.23. The van der Waals surface area contributed by atoms with Crippen molar-refractivity contribution in [3.05, 3.63) is 53.5 Å². The number of hydrazine groups is 1. The van der Waals surface area contributed by atoms with Crippen molar-refractivity contribution in [1.82, 2.24) is 5.43 Å². The number of nitrogens with one attached hydrogen (secondary N) is 1. The molecule has 8 heteroatoms. The summed E-state index contributed by atoms with van der Waals surface area (Å²) in [5, 5.41) is 0. The molecule has 1 aromatic heterocycles. The first-order valence-electron chi connectivity index (χ1n) is 5.78. The van der Waals surface area contributed by atoms with Crippen LogP contribution in [0.25, 0.3) is 0 Å². The number of nitrogens with two attached hydrogens (primary N) is 1. The normalized spacial score (nSPS) is 11.4. The smallest absolute Gasteiger partial charge is 0.416 e. The maximum absolute atomic E-state index is 12.6. The van der Waals surface area contributed by atoms with Gasteiger partial charge in [0, 0.05) is 4.90 Å². The van der Waals surface area contributed by atoms with Crippen LogP contribution in [-0.4, -0.2) is 5.91 Å².